The monoisotopic (exact) mass is 370 g/mol. The molecular formula is C18H27ClN2O4. The van der Waals surface area contributed by atoms with Crippen molar-refractivity contribution in [2.75, 3.05) is 6.54 Å². The van der Waals surface area contributed by atoms with Crippen molar-refractivity contribution < 1.29 is 19.1 Å². The van der Waals surface area contributed by atoms with Crippen LogP contribution in [0.3, 0.4) is 0 Å². The number of fused-ring (bicyclic) bond motifs is 1. The standard InChI is InChI=1S/C18H26N2O4.ClH/c1-3-5-11-16(21)19-13-18(20-17(22)12-6-4-2)23-14-9-7-8-10-15(14)24-18;/h7-10H,3-6,11-13H2,1-2H3,(H,19,21)(H,20,22);1H. The predicted molar refractivity (Wildman–Crippen MR) is 97.9 cm³/mol. The third kappa shape index (κ3) is 6.12. The molecule has 0 bridgehead atoms. The van der Waals surface area contributed by atoms with E-state index >= 15 is 0 Å². The van der Waals surface area contributed by atoms with Crippen LogP contribution in [-0.2, 0) is 9.59 Å². The number of rotatable bonds is 9. The van der Waals surface area contributed by atoms with Gasteiger partial charge in [-0.3, -0.25) is 14.9 Å². The largest absolute Gasteiger partial charge is 0.430 e. The molecule has 0 fully saturated rings. The Balaban J connectivity index is 0.00000312. The first-order valence-electron chi connectivity index (χ1n) is 8.63. The highest BCUT2D eigenvalue weighted by molar-refractivity contribution is 5.85. The average molecular weight is 371 g/mol. The van der Waals surface area contributed by atoms with Crippen molar-refractivity contribution >= 4 is 24.2 Å². The minimum atomic E-state index is -1.38. The van der Waals surface area contributed by atoms with Crippen LogP contribution >= 0.6 is 12.4 Å². The number of amides is 2. The molecule has 6 nitrogen and oxygen atoms in total. The SMILES string of the molecule is CCCCC(=O)NCC1(NC(=O)CCCC)Oc2ccccc2O1.Cl. The predicted octanol–water partition coefficient (Wildman–Crippen LogP) is 3.15. The number of nitrogens with one attached hydrogen (secondary N) is 2. The van der Waals surface area contributed by atoms with E-state index in [-0.39, 0.29) is 30.8 Å². The lowest BCUT2D eigenvalue weighted by Crippen LogP contribution is -2.61. The zero-order valence-electron chi connectivity index (χ0n) is 14.8. The van der Waals surface area contributed by atoms with Crippen molar-refractivity contribution in [2.45, 2.75) is 58.3 Å². The van der Waals surface area contributed by atoms with E-state index in [0.29, 0.717) is 24.3 Å². The number of ether oxygens (including phenoxy) is 2. The molecule has 0 unspecified atom stereocenters. The molecule has 0 atom stereocenters. The van der Waals surface area contributed by atoms with Gasteiger partial charge in [0.1, 0.15) is 6.54 Å². The summed E-state index contributed by atoms with van der Waals surface area (Å²) in [7, 11) is 0. The first-order valence-corrected chi connectivity index (χ1v) is 8.63. The molecule has 140 valence electrons. The fourth-order valence-corrected chi connectivity index (χ4v) is 2.42. The number of unbranched alkanes of at least 4 members (excludes halogenated alkanes) is 2. The van der Waals surface area contributed by atoms with Crippen LogP contribution in [0, 0.1) is 0 Å². The minimum absolute atomic E-state index is 0. The third-order valence-corrected chi connectivity index (χ3v) is 3.76. The summed E-state index contributed by atoms with van der Waals surface area (Å²) in [6.45, 7) is 4.11. The lowest BCUT2D eigenvalue weighted by molar-refractivity contribution is -0.147. The molecule has 1 aliphatic rings. The van der Waals surface area contributed by atoms with E-state index < -0.39 is 5.91 Å². The van der Waals surface area contributed by atoms with E-state index in [2.05, 4.69) is 10.6 Å². The van der Waals surface area contributed by atoms with Crippen LogP contribution in [0.25, 0.3) is 0 Å². The van der Waals surface area contributed by atoms with Crippen molar-refractivity contribution in [3.63, 3.8) is 0 Å². The quantitative estimate of drug-likeness (QED) is 0.700. The summed E-state index contributed by atoms with van der Waals surface area (Å²) in [5.74, 6) is -0.516. The second-order valence-corrected chi connectivity index (χ2v) is 5.94. The summed E-state index contributed by atoms with van der Waals surface area (Å²) in [6, 6.07) is 7.20. The Morgan fingerprint density at radius 1 is 0.960 bits per heavy atom. The van der Waals surface area contributed by atoms with Gasteiger partial charge in [-0.1, -0.05) is 38.8 Å². The van der Waals surface area contributed by atoms with E-state index in [9.17, 15) is 9.59 Å². The van der Waals surface area contributed by atoms with Crippen LogP contribution < -0.4 is 20.1 Å². The molecular weight excluding hydrogens is 344 g/mol. The summed E-state index contributed by atoms with van der Waals surface area (Å²) >= 11 is 0. The van der Waals surface area contributed by atoms with Crippen LogP contribution in [0.4, 0.5) is 0 Å². The fraction of sp³-hybridized carbons (Fsp3) is 0.556. The molecule has 2 rings (SSSR count). The molecule has 0 aliphatic carbocycles. The molecule has 1 heterocycles. The molecule has 0 radical (unpaired) electrons. The van der Waals surface area contributed by atoms with Gasteiger partial charge in [0.15, 0.2) is 11.5 Å². The molecule has 0 saturated heterocycles. The highest BCUT2D eigenvalue weighted by atomic mass is 35.5. The molecule has 1 aromatic rings. The lowest BCUT2D eigenvalue weighted by atomic mass is 10.2. The second-order valence-electron chi connectivity index (χ2n) is 5.94. The number of carbonyl (C=O) groups is 2. The van der Waals surface area contributed by atoms with Crippen LogP contribution in [0.2, 0.25) is 0 Å². The lowest BCUT2D eigenvalue weighted by Gasteiger charge is -2.28. The highest BCUT2D eigenvalue weighted by Crippen LogP contribution is 2.37. The molecule has 0 aromatic heterocycles. The third-order valence-electron chi connectivity index (χ3n) is 3.76. The fourth-order valence-electron chi connectivity index (χ4n) is 2.42. The first kappa shape index (κ1) is 21.1. The smallest absolute Gasteiger partial charge is 0.356 e. The van der Waals surface area contributed by atoms with Crippen LogP contribution in [0.1, 0.15) is 52.4 Å². The van der Waals surface area contributed by atoms with Gasteiger partial charge in [0, 0.05) is 12.8 Å². The summed E-state index contributed by atoms with van der Waals surface area (Å²) < 4.78 is 11.7. The van der Waals surface area contributed by atoms with Gasteiger partial charge in [-0.15, -0.1) is 12.4 Å². The van der Waals surface area contributed by atoms with Crippen molar-refractivity contribution in [3.8, 4) is 11.5 Å². The normalized spacial score (nSPS) is 13.7. The van der Waals surface area contributed by atoms with Crippen LogP contribution in [0.15, 0.2) is 24.3 Å². The molecule has 25 heavy (non-hydrogen) atoms. The van der Waals surface area contributed by atoms with Gasteiger partial charge >= 0.3 is 5.91 Å². The Hall–Kier alpha value is -1.95. The summed E-state index contributed by atoms with van der Waals surface area (Å²) in [5.41, 5.74) is 0. The van der Waals surface area contributed by atoms with Crippen molar-refractivity contribution in [1.82, 2.24) is 10.6 Å². The Morgan fingerprint density at radius 3 is 2.00 bits per heavy atom. The van der Waals surface area contributed by atoms with E-state index in [0.717, 1.165) is 25.7 Å². The number of hydrogen-bond acceptors (Lipinski definition) is 4. The van der Waals surface area contributed by atoms with Gasteiger partial charge in [-0.05, 0) is 25.0 Å². The van der Waals surface area contributed by atoms with E-state index in [4.69, 9.17) is 9.47 Å². The summed E-state index contributed by atoms with van der Waals surface area (Å²) in [4.78, 5) is 24.0. The summed E-state index contributed by atoms with van der Waals surface area (Å²) in [5, 5.41) is 5.58. The van der Waals surface area contributed by atoms with Gasteiger partial charge in [0.2, 0.25) is 11.8 Å². The molecule has 0 saturated carbocycles. The Morgan fingerprint density at radius 2 is 1.48 bits per heavy atom. The number of para-hydroxylation sites is 2. The maximum atomic E-state index is 12.1. The molecule has 2 N–H and O–H groups in total. The maximum absolute atomic E-state index is 12.1. The molecule has 2 amide bonds. The number of halogens is 1. The number of benzene rings is 1. The molecule has 7 heteroatoms. The van der Waals surface area contributed by atoms with Crippen molar-refractivity contribution in [1.29, 1.82) is 0 Å². The average Bonchev–Trinajstić information content (AvgIpc) is 2.94. The van der Waals surface area contributed by atoms with E-state index in [1.807, 2.05) is 26.0 Å². The van der Waals surface area contributed by atoms with Gasteiger partial charge in [0.05, 0.1) is 0 Å². The second kappa shape index (κ2) is 10.1. The maximum Gasteiger partial charge on any atom is 0.356 e. The van der Waals surface area contributed by atoms with Gasteiger partial charge in [-0.25, -0.2) is 0 Å². The van der Waals surface area contributed by atoms with Crippen molar-refractivity contribution in [2.24, 2.45) is 0 Å². The van der Waals surface area contributed by atoms with Crippen LogP contribution in [0.5, 0.6) is 11.5 Å². The minimum Gasteiger partial charge on any atom is -0.430 e. The topological polar surface area (TPSA) is 76.7 Å². The molecule has 0 spiro atoms. The summed E-state index contributed by atoms with van der Waals surface area (Å²) in [6.07, 6.45) is 4.33. The van der Waals surface area contributed by atoms with E-state index in [1.54, 1.807) is 12.1 Å². The number of carbonyl (C=O) groups excluding carboxylic acids is 2. The Kier molecular flexibility index (Phi) is 8.55. The highest BCUT2D eigenvalue weighted by Gasteiger charge is 2.43. The number of hydrogen-bond donors (Lipinski definition) is 2. The zero-order chi connectivity index (χ0) is 17.4. The van der Waals surface area contributed by atoms with Gasteiger partial charge in [-0.2, -0.15) is 0 Å². The Bertz CT molecular complexity index is 555. The van der Waals surface area contributed by atoms with Crippen molar-refractivity contribution in [3.05, 3.63) is 24.3 Å². The molecule has 1 aromatic carbocycles. The first-order chi connectivity index (χ1) is 11.6. The molecule has 1 aliphatic heterocycles. The van der Waals surface area contributed by atoms with Crippen LogP contribution in [-0.4, -0.2) is 24.3 Å². The van der Waals surface area contributed by atoms with Gasteiger partial charge < -0.3 is 14.8 Å². The zero-order valence-corrected chi connectivity index (χ0v) is 15.6. The van der Waals surface area contributed by atoms with Gasteiger partial charge in [0.25, 0.3) is 0 Å². The Labute approximate surface area is 155 Å². The van der Waals surface area contributed by atoms with E-state index in [1.165, 1.54) is 0 Å².